The molecule has 2 aromatic rings. The van der Waals surface area contributed by atoms with Gasteiger partial charge in [-0.1, -0.05) is 45.9 Å². The summed E-state index contributed by atoms with van der Waals surface area (Å²) in [6, 6.07) is 12.0. The quantitative estimate of drug-likeness (QED) is 0.145. The molecule has 3 rings (SSSR count). The number of rotatable bonds is 16. The third-order valence-electron chi connectivity index (χ3n) is 7.13. The molecule has 15 heteroatoms. The van der Waals surface area contributed by atoms with E-state index in [1.165, 1.54) is 12.3 Å². The number of nitrogens with zero attached hydrogens (tertiary/aromatic N) is 4. The highest BCUT2D eigenvalue weighted by molar-refractivity contribution is 7.44. The summed E-state index contributed by atoms with van der Waals surface area (Å²) >= 11 is 0. The fraction of sp³-hybridized carbons (Fsp3) is 0.576. The van der Waals surface area contributed by atoms with E-state index in [2.05, 4.69) is 16.4 Å². The summed E-state index contributed by atoms with van der Waals surface area (Å²) in [6.45, 7) is 14.6. The second-order valence-corrected chi connectivity index (χ2v) is 13.8. The van der Waals surface area contributed by atoms with Gasteiger partial charge in [0.25, 0.3) is 14.4 Å². The summed E-state index contributed by atoms with van der Waals surface area (Å²) in [7, 11) is -1.70. The number of amides is 1. The molecule has 262 valence electrons. The van der Waals surface area contributed by atoms with Gasteiger partial charge in [-0.2, -0.15) is 10.2 Å². The minimum atomic E-state index is -1.70. The molecule has 1 N–H and O–H groups in total. The Morgan fingerprint density at radius 2 is 1.56 bits per heavy atom. The number of hydrogen-bond acceptors (Lipinski definition) is 12. The molecule has 0 saturated carbocycles. The van der Waals surface area contributed by atoms with Gasteiger partial charge in [-0.3, -0.25) is 19.0 Å². The van der Waals surface area contributed by atoms with Crippen molar-refractivity contribution in [1.82, 2.24) is 14.2 Å². The molecule has 1 aliphatic heterocycles. The number of nitriles is 1. The first-order chi connectivity index (χ1) is 22.7. The average molecular weight is 688 g/mol. The Morgan fingerprint density at radius 3 is 2.10 bits per heavy atom. The Bertz CT molecular complexity index is 1470. The van der Waals surface area contributed by atoms with Crippen molar-refractivity contribution in [3.05, 3.63) is 58.6 Å². The molecule has 0 aliphatic carbocycles. The van der Waals surface area contributed by atoms with Gasteiger partial charge in [0.2, 0.25) is 0 Å². The van der Waals surface area contributed by atoms with Crippen LogP contribution in [-0.4, -0.2) is 75.7 Å². The molecule has 0 radical (unpaired) electrons. The number of anilines is 1. The van der Waals surface area contributed by atoms with Crippen LogP contribution in [0.5, 0.6) is 0 Å². The molecule has 1 saturated heterocycles. The molecule has 1 fully saturated rings. The number of benzene rings is 1. The topological polar surface area (TPSA) is 171 Å². The van der Waals surface area contributed by atoms with E-state index in [0.29, 0.717) is 5.56 Å². The number of carbonyl (C=O) groups excluding carboxylic acids is 3. The Balaban J connectivity index is 1.98. The fourth-order valence-corrected chi connectivity index (χ4v) is 6.40. The molecule has 0 spiro atoms. The van der Waals surface area contributed by atoms with Crippen LogP contribution in [0.25, 0.3) is 0 Å². The SMILES string of the molecule is CC(C)C(=O)O[C@@H]1[C@H](OC(=O)C(C)C)[C@@H](COP(OCCC#N)N(C(C)C)C(C)C)O[C@H]1n1ccc(NC(=O)c2ccccc2)nc1=O. The van der Waals surface area contributed by atoms with Crippen LogP contribution in [0.4, 0.5) is 5.82 Å². The molecular weight excluding hydrogens is 641 g/mol. The van der Waals surface area contributed by atoms with E-state index in [0.717, 1.165) is 4.57 Å². The molecule has 1 aliphatic rings. The van der Waals surface area contributed by atoms with E-state index in [1.54, 1.807) is 58.0 Å². The van der Waals surface area contributed by atoms with Crippen molar-refractivity contribution >= 4 is 32.2 Å². The van der Waals surface area contributed by atoms with Crippen molar-refractivity contribution < 1.29 is 37.6 Å². The molecule has 2 heterocycles. The number of esters is 2. The molecule has 1 amide bonds. The predicted molar refractivity (Wildman–Crippen MR) is 177 cm³/mol. The summed E-state index contributed by atoms with van der Waals surface area (Å²) in [5.41, 5.74) is -0.425. The van der Waals surface area contributed by atoms with E-state index in [1.807, 2.05) is 32.4 Å². The summed E-state index contributed by atoms with van der Waals surface area (Å²) in [4.78, 5) is 56.0. The van der Waals surface area contributed by atoms with Gasteiger partial charge in [-0.15, -0.1) is 0 Å². The lowest BCUT2D eigenvalue weighted by Gasteiger charge is -2.36. The van der Waals surface area contributed by atoms with Crippen molar-refractivity contribution in [1.29, 1.82) is 5.26 Å². The highest BCUT2D eigenvalue weighted by Crippen LogP contribution is 2.47. The van der Waals surface area contributed by atoms with E-state index >= 15 is 0 Å². The first-order valence-corrected chi connectivity index (χ1v) is 17.1. The maximum Gasteiger partial charge on any atom is 0.351 e. The lowest BCUT2D eigenvalue weighted by molar-refractivity contribution is -0.172. The van der Waals surface area contributed by atoms with Gasteiger partial charge in [0, 0.05) is 23.8 Å². The molecular formula is C33H46N5O9P. The van der Waals surface area contributed by atoms with E-state index in [4.69, 9.17) is 28.5 Å². The van der Waals surface area contributed by atoms with Crippen LogP contribution >= 0.6 is 8.53 Å². The lowest BCUT2D eigenvalue weighted by atomic mass is 10.1. The van der Waals surface area contributed by atoms with Crippen molar-refractivity contribution in [2.24, 2.45) is 11.8 Å². The third kappa shape index (κ3) is 10.4. The first-order valence-electron chi connectivity index (χ1n) is 16.0. The predicted octanol–water partition coefficient (Wildman–Crippen LogP) is 4.82. The number of aromatic nitrogens is 2. The molecule has 1 aromatic heterocycles. The van der Waals surface area contributed by atoms with Crippen molar-refractivity contribution in [2.75, 3.05) is 18.5 Å². The highest BCUT2D eigenvalue weighted by atomic mass is 31.2. The van der Waals surface area contributed by atoms with E-state index < -0.39 is 68.4 Å². The van der Waals surface area contributed by atoms with Crippen LogP contribution in [0.15, 0.2) is 47.4 Å². The second kappa shape index (κ2) is 18.1. The Morgan fingerprint density at radius 1 is 0.958 bits per heavy atom. The van der Waals surface area contributed by atoms with Gasteiger partial charge in [-0.25, -0.2) is 9.46 Å². The molecule has 14 nitrogen and oxygen atoms in total. The standard InChI is InChI=1S/C33H46N5O9P/c1-20(2)31(40)46-27-25(19-44-48(43-18-12-16-34)38(22(5)6)23(7)8)45-30(28(27)47-32(41)21(3)4)37-17-15-26(36-33(37)42)35-29(39)24-13-10-9-11-14-24/h9-11,13-15,17,20-23,25,27-28,30H,12,18-19H2,1-8H3,(H,35,36,39,42)/t25-,27-,28-,30-,48?/m1/s1. The van der Waals surface area contributed by atoms with Crippen molar-refractivity contribution in [2.45, 2.75) is 98.4 Å². The van der Waals surface area contributed by atoms with Crippen LogP contribution in [0.2, 0.25) is 0 Å². The van der Waals surface area contributed by atoms with Gasteiger partial charge in [-0.05, 0) is 45.9 Å². The molecule has 48 heavy (non-hydrogen) atoms. The van der Waals surface area contributed by atoms with Gasteiger partial charge in [0.1, 0.15) is 11.9 Å². The second-order valence-electron chi connectivity index (χ2n) is 12.3. The summed E-state index contributed by atoms with van der Waals surface area (Å²) in [5, 5.41) is 11.7. The zero-order chi connectivity index (χ0) is 35.5. The monoisotopic (exact) mass is 687 g/mol. The van der Waals surface area contributed by atoms with Gasteiger partial charge in [0.05, 0.1) is 37.5 Å². The third-order valence-corrected chi connectivity index (χ3v) is 9.20. The molecule has 1 aromatic carbocycles. The smallest absolute Gasteiger partial charge is 0.351 e. The molecule has 0 bridgehead atoms. The lowest BCUT2D eigenvalue weighted by Crippen LogP contribution is -2.43. The average Bonchev–Trinajstić information content (AvgIpc) is 3.35. The largest absolute Gasteiger partial charge is 0.455 e. The van der Waals surface area contributed by atoms with Crippen molar-refractivity contribution in [3.8, 4) is 6.07 Å². The summed E-state index contributed by atoms with van der Waals surface area (Å²) < 4.78 is 33.5. The van der Waals surface area contributed by atoms with E-state index in [9.17, 15) is 19.2 Å². The minimum Gasteiger partial charge on any atom is -0.455 e. The number of nitrogens with one attached hydrogen (secondary N) is 1. The first kappa shape index (κ1) is 38.7. The zero-order valence-corrected chi connectivity index (χ0v) is 29.6. The van der Waals surface area contributed by atoms with Crippen LogP contribution in [0.3, 0.4) is 0 Å². The Hall–Kier alpha value is -3.73. The maximum absolute atomic E-state index is 13.4. The highest BCUT2D eigenvalue weighted by Gasteiger charge is 2.52. The minimum absolute atomic E-state index is 0.00381. The van der Waals surface area contributed by atoms with Gasteiger partial charge in [0.15, 0.2) is 18.4 Å². The van der Waals surface area contributed by atoms with Gasteiger partial charge >= 0.3 is 17.6 Å². The molecule has 5 atom stereocenters. The van der Waals surface area contributed by atoms with Crippen LogP contribution in [0.1, 0.15) is 78.4 Å². The normalized spacial score (nSPS) is 19.9. The van der Waals surface area contributed by atoms with Crippen molar-refractivity contribution in [3.63, 3.8) is 0 Å². The van der Waals surface area contributed by atoms with Crippen LogP contribution in [0, 0.1) is 23.2 Å². The van der Waals surface area contributed by atoms with Crippen LogP contribution in [-0.2, 0) is 32.8 Å². The number of ether oxygens (including phenoxy) is 3. The maximum atomic E-state index is 13.4. The molecule has 1 unspecified atom stereocenters. The number of carbonyl (C=O) groups is 3. The Kier molecular flexibility index (Phi) is 14.6. The summed E-state index contributed by atoms with van der Waals surface area (Å²) in [6.07, 6.45) is -3.16. The Labute approximate surface area is 282 Å². The van der Waals surface area contributed by atoms with Gasteiger partial charge < -0.3 is 28.6 Å². The number of hydrogen-bond donors (Lipinski definition) is 1. The van der Waals surface area contributed by atoms with E-state index in [-0.39, 0.29) is 37.5 Å². The fourth-order valence-electron chi connectivity index (χ4n) is 4.78. The summed E-state index contributed by atoms with van der Waals surface area (Å²) in [5.74, 6) is -2.68. The van der Waals surface area contributed by atoms with Crippen LogP contribution < -0.4 is 11.0 Å². The zero-order valence-electron chi connectivity index (χ0n) is 28.7.